The third-order valence-corrected chi connectivity index (χ3v) is 3.78. The molecule has 10 nitrogen and oxygen atoms in total. The number of aromatic nitrogens is 1. The number of hydrogen-bond acceptors (Lipinski definition) is 8. The number of nitro groups is 1. The first-order chi connectivity index (χ1) is 14.5. The maximum absolute atomic E-state index is 12.3. The zero-order valence-electron chi connectivity index (χ0n) is 15.2. The van der Waals surface area contributed by atoms with Crippen LogP contribution in [-0.4, -0.2) is 38.9 Å². The van der Waals surface area contributed by atoms with Crippen LogP contribution in [0.4, 0.5) is 18.9 Å². The first-order valence-corrected chi connectivity index (χ1v) is 8.34. The summed E-state index contributed by atoms with van der Waals surface area (Å²) in [6.45, 7) is -1.58. The summed E-state index contributed by atoms with van der Waals surface area (Å²) in [5, 5.41) is 35.7. The summed E-state index contributed by atoms with van der Waals surface area (Å²) < 4.78 is 47.3. The van der Waals surface area contributed by atoms with E-state index in [0.717, 1.165) is 30.3 Å². The van der Waals surface area contributed by atoms with Crippen LogP contribution in [0.2, 0.25) is 0 Å². The Morgan fingerprint density at radius 2 is 1.87 bits per heavy atom. The number of carbonyl (C=O) groups excluding carboxylic acids is 1. The quantitative estimate of drug-likeness (QED) is 0.389. The van der Waals surface area contributed by atoms with Crippen molar-refractivity contribution in [1.82, 2.24) is 10.5 Å². The zero-order valence-corrected chi connectivity index (χ0v) is 15.2. The van der Waals surface area contributed by atoms with Crippen LogP contribution in [0.5, 0.6) is 23.0 Å². The van der Waals surface area contributed by atoms with Crippen LogP contribution in [0.25, 0.3) is 11.3 Å². The molecular weight excluding hydrogens is 427 g/mol. The number of nitrogens with one attached hydrogen (secondary N) is 1. The van der Waals surface area contributed by atoms with Crippen LogP contribution in [-0.2, 0) is 0 Å². The average molecular weight is 439 g/mol. The highest BCUT2D eigenvalue weighted by molar-refractivity contribution is 5.93. The molecule has 2 aromatic carbocycles. The summed E-state index contributed by atoms with van der Waals surface area (Å²) in [7, 11) is 0. The summed E-state index contributed by atoms with van der Waals surface area (Å²) in [6.07, 6.45) is -4.62. The predicted octanol–water partition coefficient (Wildman–Crippen LogP) is 3.75. The number of phenols is 2. The van der Waals surface area contributed by atoms with Crippen molar-refractivity contribution in [3.63, 3.8) is 0 Å². The van der Waals surface area contributed by atoms with Gasteiger partial charge in [-0.25, -0.2) is 0 Å². The van der Waals surface area contributed by atoms with Gasteiger partial charge in [0.2, 0.25) is 0 Å². The van der Waals surface area contributed by atoms with Gasteiger partial charge in [-0.1, -0.05) is 5.16 Å². The molecule has 0 saturated heterocycles. The third kappa shape index (κ3) is 5.20. The molecule has 0 spiro atoms. The molecule has 1 aromatic heterocycles. The van der Waals surface area contributed by atoms with E-state index in [-0.39, 0.29) is 28.5 Å². The molecule has 0 aliphatic carbocycles. The fraction of sp³-hybridized carbons (Fsp3) is 0.111. The number of rotatable bonds is 6. The van der Waals surface area contributed by atoms with Crippen molar-refractivity contribution in [2.75, 3.05) is 6.54 Å². The standard InChI is InChI=1S/C18H12F3N3O7/c19-18(20,21)8-22-17(27)12-7-15(31-23-12)16-13(26)5-10(25)6-14(16)30-11-3-1-9(2-4-11)24(28)29/h1-7,25-26H,8H2,(H,22,27). The van der Waals surface area contributed by atoms with Gasteiger partial charge in [-0.3, -0.25) is 14.9 Å². The first kappa shape index (κ1) is 21.4. The van der Waals surface area contributed by atoms with Crippen molar-refractivity contribution in [2.24, 2.45) is 0 Å². The number of ether oxygens (including phenoxy) is 1. The number of hydrogen-bond donors (Lipinski definition) is 3. The molecule has 13 heteroatoms. The van der Waals surface area contributed by atoms with Crippen LogP contribution < -0.4 is 10.1 Å². The second-order valence-electron chi connectivity index (χ2n) is 6.07. The van der Waals surface area contributed by atoms with Crippen LogP contribution in [0.15, 0.2) is 47.0 Å². The number of halogens is 3. The fourth-order valence-corrected chi connectivity index (χ4v) is 2.45. The molecule has 1 amide bonds. The minimum absolute atomic E-state index is 0.0968. The van der Waals surface area contributed by atoms with E-state index < -0.39 is 40.7 Å². The Kier molecular flexibility index (Phi) is 5.68. The molecule has 3 aromatic rings. The molecule has 162 valence electrons. The fourth-order valence-electron chi connectivity index (χ4n) is 2.45. The summed E-state index contributed by atoms with van der Waals surface area (Å²) in [5.74, 6) is -2.43. The molecule has 0 fully saturated rings. The lowest BCUT2D eigenvalue weighted by atomic mass is 10.1. The van der Waals surface area contributed by atoms with Crippen LogP contribution in [0.3, 0.4) is 0 Å². The molecule has 0 aliphatic heterocycles. The van der Waals surface area contributed by atoms with Gasteiger partial charge in [-0.15, -0.1) is 0 Å². The third-order valence-electron chi connectivity index (χ3n) is 3.78. The normalized spacial score (nSPS) is 11.2. The average Bonchev–Trinajstić information content (AvgIpc) is 3.15. The molecular formula is C18H12F3N3O7. The van der Waals surface area contributed by atoms with E-state index >= 15 is 0 Å². The number of phenolic OH excluding ortho intramolecular Hbond substituents is 2. The summed E-state index contributed by atoms with van der Waals surface area (Å²) >= 11 is 0. The highest BCUT2D eigenvalue weighted by Crippen LogP contribution is 2.43. The molecule has 0 aliphatic rings. The van der Waals surface area contributed by atoms with Crippen molar-refractivity contribution < 1.29 is 42.4 Å². The van der Waals surface area contributed by atoms with E-state index in [4.69, 9.17) is 9.26 Å². The van der Waals surface area contributed by atoms with Gasteiger partial charge in [0.05, 0.1) is 4.92 Å². The number of non-ortho nitro benzene ring substituents is 1. The van der Waals surface area contributed by atoms with Gasteiger partial charge in [0.1, 0.15) is 35.1 Å². The Morgan fingerprint density at radius 1 is 1.19 bits per heavy atom. The second kappa shape index (κ2) is 8.22. The van der Waals surface area contributed by atoms with Gasteiger partial charge >= 0.3 is 6.18 Å². The van der Waals surface area contributed by atoms with Crippen molar-refractivity contribution in [3.8, 4) is 34.3 Å². The van der Waals surface area contributed by atoms with Crippen molar-refractivity contribution >= 4 is 11.6 Å². The number of alkyl halides is 3. The number of benzene rings is 2. The highest BCUT2D eigenvalue weighted by atomic mass is 19.4. The maximum atomic E-state index is 12.3. The monoisotopic (exact) mass is 439 g/mol. The minimum atomic E-state index is -4.62. The molecule has 0 saturated carbocycles. The summed E-state index contributed by atoms with van der Waals surface area (Å²) in [4.78, 5) is 21.9. The second-order valence-corrected chi connectivity index (χ2v) is 6.07. The molecule has 1 heterocycles. The van der Waals surface area contributed by atoms with Gasteiger partial charge in [-0.2, -0.15) is 13.2 Å². The molecule has 31 heavy (non-hydrogen) atoms. The Labute approximate surface area is 170 Å². The molecule has 0 unspecified atom stereocenters. The van der Waals surface area contributed by atoms with Crippen molar-refractivity contribution in [3.05, 3.63) is 58.3 Å². The lowest BCUT2D eigenvalue weighted by molar-refractivity contribution is -0.384. The van der Waals surface area contributed by atoms with Gasteiger partial charge in [0, 0.05) is 30.3 Å². The molecule has 3 N–H and O–H groups in total. The van der Waals surface area contributed by atoms with Crippen LogP contribution in [0, 0.1) is 10.1 Å². The van der Waals surface area contributed by atoms with Gasteiger partial charge in [0.15, 0.2) is 11.5 Å². The zero-order chi connectivity index (χ0) is 22.8. The summed E-state index contributed by atoms with van der Waals surface area (Å²) in [5.41, 5.74) is -0.859. The Hall–Kier alpha value is -4.29. The highest BCUT2D eigenvalue weighted by Gasteiger charge is 2.29. The van der Waals surface area contributed by atoms with Gasteiger partial charge in [0.25, 0.3) is 11.6 Å². The lowest BCUT2D eigenvalue weighted by Crippen LogP contribution is -2.33. The number of amides is 1. The topological polar surface area (TPSA) is 148 Å². The van der Waals surface area contributed by atoms with E-state index in [1.807, 2.05) is 0 Å². The predicted molar refractivity (Wildman–Crippen MR) is 96.8 cm³/mol. The Balaban J connectivity index is 1.91. The van der Waals surface area contributed by atoms with E-state index in [0.29, 0.717) is 0 Å². The molecule has 0 radical (unpaired) electrons. The number of aromatic hydroxyl groups is 2. The smallest absolute Gasteiger partial charge is 0.405 e. The Morgan fingerprint density at radius 3 is 2.48 bits per heavy atom. The largest absolute Gasteiger partial charge is 0.508 e. The van der Waals surface area contributed by atoms with Gasteiger partial charge in [-0.05, 0) is 12.1 Å². The summed E-state index contributed by atoms with van der Waals surface area (Å²) in [6, 6.07) is 7.84. The number of carbonyl (C=O) groups is 1. The molecule has 3 rings (SSSR count). The van der Waals surface area contributed by atoms with Crippen molar-refractivity contribution in [2.45, 2.75) is 6.18 Å². The van der Waals surface area contributed by atoms with Crippen LogP contribution in [0.1, 0.15) is 10.5 Å². The maximum Gasteiger partial charge on any atom is 0.405 e. The first-order valence-electron chi connectivity index (χ1n) is 8.34. The number of nitrogens with zero attached hydrogens (tertiary/aromatic N) is 2. The molecule has 0 bridgehead atoms. The van der Waals surface area contributed by atoms with E-state index in [1.165, 1.54) is 12.1 Å². The van der Waals surface area contributed by atoms with E-state index in [2.05, 4.69) is 5.16 Å². The van der Waals surface area contributed by atoms with E-state index in [1.54, 1.807) is 5.32 Å². The van der Waals surface area contributed by atoms with Gasteiger partial charge < -0.3 is 24.8 Å². The lowest BCUT2D eigenvalue weighted by Gasteiger charge is -2.11. The van der Waals surface area contributed by atoms with Crippen LogP contribution >= 0.6 is 0 Å². The van der Waals surface area contributed by atoms with E-state index in [9.17, 15) is 38.3 Å². The number of nitro benzene ring substituents is 1. The minimum Gasteiger partial charge on any atom is -0.508 e. The molecule has 0 atom stereocenters. The van der Waals surface area contributed by atoms with Crippen molar-refractivity contribution in [1.29, 1.82) is 0 Å². The SMILES string of the molecule is O=C(NCC(F)(F)F)c1cc(-c2c(O)cc(O)cc2Oc2ccc([N+](=O)[O-])cc2)on1. The Bertz CT molecular complexity index is 1130.